The number of hydrogen-bond acceptors (Lipinski definition) is 6. The van der Waals surface area contributed by atoms with Crippen LogP contribution in [0.25, 0.3) is 16.6 Å². The molecule has 6 rings (SSSR count). The zero-order chi connectivity index (χ0) is 26.4. The highest BCUT2D eigenvalue weighted by molar-refractivity contribution is 7.91. The smallest absolute Gasteiger partial charge is 0.270 e. The summed E-state index contributed by atoms with van der Waals surface area (Å²) in [7, 11) is -3.13. The molecule has 4 heterocycles. The Labute approximate surface area is 226 Å². The Kier molecular flexibility index (Phi) is 6.65. The molecular formula is C27H30ClN5O4S. The van der Waals surface area contributed by atoms with E-state index < -0.39 is 9.84 Å². The molecule has 0 bridgehead atoms. The van der Waals surface area contributed by atoms with Crippen LogP contribution in [-0.2, 0) is 9.84 Å². The molecule has 0 N–H and O–H groups in total. The molecule has 1 aromatic carbocycles. The van der Waals surface area contributed by atoms with Crippen LogP contribution in [0.2, 0.25) is 5.15 Å². The molecular weight excluding hydrogens is 526 g/mol. The van der Waals surface area contributed by atoms with Crippen molar-refractivity contribution in [3.63, 3.8) is 0 Å². The summed E-state index contributed by atoms with van der Waals surface area (Å²) in [6.07, 6.45) is 5.43. The van der Waals surface area contributed by atoms with Crippen molar-refractivity contribution >= 4 is 44.2 Å². The summed E-state index contributed by atoms with van der Waals surface area (Å²) in [4.78, 5) is 37.2. The van der Waals surface area contributed by atoms with Crippen molar-refractivity contribution in [1.29, 1.82) is 0 Å². The highest BCUT2D eigenvalue weighted by atomic mass is 35.5. The highest BCUT2D eigenvalue weighted by Crippen LogP contribution is 2.29. The average Bonchev–Trinajstić information content (AvgIpc) is 3.26. The van der Waals surface area contributed by atoms with E-state index in [1.54, 1.807) is 33.9 Å². The van der Waals surface area contributed by atoms with E-state index in [0.717, 1.165) is 24.0 Å². The van der Waals surface area contributed by atoms with Crippen molar-refractivity contribution in [3.05, 3.63) is 59.0 Å². The van der Waals surface area contributed by atoms with Gasteiger partial charge in [-0.15, -0.1) is 0 Å². The number of carbonyl (C=O) groups excluding carboxylic acids is 2. The van der Waals surface area contributed by atoms with Crippen LogP contribution in [0.3, 0.4) is 0 Å². The Balaban J connectivity index is 1.31. The molecule has 0 atom stereocenters. The second kappa shape index (κ2) is 9.98. The van der Waals surface area contributed by atoms with Crippen LogP contribution < -0.4 is 0 Å². The van der Waals surface area contributed by atoms with Crippen molar-refractivity contribution in [2.24, 2.45) is 0 Å². The van der Waals surface area contributed by atoms with Crippen LogP contribution in [0.5, 0.6) is 0 Å². The summed E-state index contributed by atoms with van der Waals surface area (Å²) in [6.45, 7) is 3.54. The normalized spacial score (nSPS) is 20.4. The maximum atomic E-state index is 13.6. The summed E-state index contributed by atoms with van der Waals surface area (Å²) >= 11 is 6.01. The van der Waals surface area contributed by atoms with E-state index in [-0.39, 0.29) is 36.4 Å². The van der Waals surface area contributed by atoms with Gasteiger partial charge in [0.25, 0.3) is 11.8 Å². The van der Waals surface area contributed by atoms with Gasteiger partial charge in [-0.05, 0) is 49.2 Å². The fraction of sp³-hybridized carbons (Fsp3) is 0.444. The Bertz CT molecular complexity index is 1480. The van der Waals surface area contributed by atoms with Crippen LogP contribution in [0, 0.1) is 0 Å². The molecule has 3 aromatic rings. The van der Waals surface area contributed by atoms with Crippen molar-refractivity contribution in [3.8, 4) is 5.69 Å². The van der Waals surface area contributed by atoms with Gasteiger partial charge in [0.15, 0.2) is 9.84 Å². The Morgan fingerprint density at radius 2 is 1.58 bits per heavy atom. The van der Waals surface area contributed by atoms with Crippen molar-refractivity contribution < 1.29 is 18.0 Å². The SMILES string of the molecule is O=C(c1ccc2c(c1)cc(C(=O)N1CCS(=O)(=O)CC1)n2-c1ccc(Cl)nc1)N1CCN(C2CCC2)CC1. The van der Waals surface area contributed by atoms with E-state index >= 15 is 0 Å². The molecule has 11 heteroatoms. The van der Waals surface area contributed by atoms with Crippen molar-refractivity contribution in [2.45, 2.75) is 25.3 Å². The number of rotatable bonds is 4. The number of piperazine rings is 1. The predicted octanol–water partition coefficient (Wildman–Crippen LogP) is 2.86. The van der Waals surface area contributed by atoms with Crippen LogP contribution in [0.15, 0.2) is 42.6 Å². The number of aromatic nitrogens is 2. The summed E-state index contributed by atoms with van der Waals surface area (Å²) in [6, 6.07) is 11.4. The molecule has 1 saturated carbocycles. The maximum Gasteiger partial charge on any atom is 0.270 e. The molecule has 2 aliphatic heterocycles. The number of nitrogens with zero attached hydrogens (tertiary/aromatic N) is 5. The molecule has 200 valence electrons. The number of amides is 2. The van der Waals surface area contributed by atoms with Gasteiger partial charge in [-0.2, -0.15) is 0 Å². The van der Waals surface area contributed by atoms with E-state index in [1.807, 2.05) is 23.1 Å². The number of carbonyl (C=O) groups is 2. The topological polar surface area (TPSA) is 95.8 Å². The molecule has 0 spiro atoms. The van der Waals surface area contributed by atoms with E-state index in [2.05, 4.69) is 9.88 Å². The number of pyridine rings is 1. The average molecular weight is 556 g/mol. The van der Waals surface area contributed by atoms with E-state index in [9.17, 15) is 18.0 Å². The number of sulfone groups is 1. The fourth-order valence-corrected chi connectivity index (χ4v) is 6.90. The van der Waals surface area contributed by atoms with Crippen LogP contribution >= 0.6 is 11.6 Å². The van der Waals surface area contributed by atoms with Gasteiger partial charge >= 0.3 is 0 Å². The molecule has 2 aromatic heterocycles. The van der Waals surface area contributed by atoms with Gasteiger partial charge in [0, 0.05) is 56.3 Å². The summed E-state index contributed by atoms with van der Waals surface area (Å²) in [5.41, 5.74) is 2.39. The number of benzene rings is 1. The van der Waals surface area contributed by atoms with Crippen LogP contribution in [-0.4, -0.2) is 101 Å². The quantitative estimate of drug-likeness (QED) is 0.459. The van der Waals surface area contributed by atoms with Crippen molar-refractivity contribution in [2.75, 3.05) is 50.8 Å². The minimum Gasteiger partial charge on any atom is -0.336 e. The molecule has 38 heavy (non-hydrogen) atoms. The molecule has 9 nitrogen and oxygen atoms in total. The lowest BCUT2D eigenvalue weighted by atomic mass is 9.91. The molecule has 3 aliphatic rings. The van der Waals surface area contributed by atoms with Gasteiger partial charge in [0.2, 0.25) is 0 Å². The summed E-state index contributed by atoms with van der Waals surface area (Å²) < 4.78 is 25.6. The monoisotopic (exact) mass is 555 g/mol. The Morgan fingerprint density at radius 3 is 2.21 bits per heavy atom. The minimum absolute atomic E-state index is 0.00446. The Hall–Kier alpha value is -2.95. The first-order chi connectivity index (χ1) is 18.3. The van der Waals surface area contributed by atoms with E-state index in [0.29, 0.717) is 41.2 Å². The number of hydrogen-bond donors (Lipinski definition) is 0. The third-order valence-corrected chi connectivity index (χ3v) is 9.89. The van der Waals surface area contributed by atoms with E-state index in [1.165, 1.54) is 19.3 Å². The first-order valence-corrected chi connectivity index (χ1v) is 15.3. The zero-order valence-electron chi connectivity index (χ0n) is 21.1. The first-order valence-electron chi connectivity index (χ1n) is 13.1. The summed E-state index contributed by atoms with van der Waals surface area (Å²) in [5.74, 6) is -0.358. The van der Waals surface area contributed by atoms with Gasteiger partial charge in [-0.25, -0.2) is 13.4 Å². The summed E-state index contributed by atoms with van der Waals surface area (Å²) in [5, 5.41) is 1.09. The maximum absolute atomic E-state index is 13.6. The molecule has 0 unspecified atom stereocenters. The van der Waals surface area contributed by atoms with Gasteiger partial charge < -0.3 is 14.4 Å². The van der Waals surface area contributed by atoms with Gasteiger partial charge in [-0.3, -0.25) is 14.5 Å². The highest BCUT2D eigenvalue weighted by Gasteiger charge is 2.31. The standard InChI is InChI=1S/C27H30ClN5O4S/c28-25-7-5-22(18-29-25)33-23-6-4-19(26(34)31-10-8-30(9-11-31)21-2-1-3-21)16-20(23)17-24(33)27(35)32-12-14-38(36,37)15-13-32/h4-7,16-18,21H,1-3,8-15H2. The lowest BCUT2D eigenvalue weighted by Crippen LogP contribution is -2.53. The van der Waals surface area contributed by atoms with Crippen molar-refractivity contribution in [1.82, 2.24) is 24.3 Å². The molecule has 3 fully saturated rings. The molecule has 1 aliphatic carbocycles. The van der Waals surface area contributed by atoms with Gasteiger partial charge in [-0.1, -0.05) is 18.0 Å². The lowest BCUT2D eigenvalue weighted by molar-refractivity contribution is 0.0455. The number of halogens is 1. The first kappa shape index (κ1) is 25.3. The molecule has 2 saturated heterocycles. The zero-order valence-corrected chi connectivity index (χ0v) is 22.6. The van der Waals surface area contributed by atoms with Crippen LogP contribution in [0.1, 0.15) is 40.1 Å². The number of fused-ring (bicyclic) bond motifs is 1. The third kappa shape index (κ3) is 4.81. The minimum atomic E-state index is -3.13. The molecule has 2 amide bonds. The molecule has 0 radical (unpaired) electrons. The largest absolute Gasteiger partial charge is 0.336 e. The Morgan fingerprint density at radius 1 is 0.868 bits per heavy atom. The second-order valence-electron chi connectivity index (χ2n) is 10.3. The van der Waals surface area contributed by atoms with E-state index in [4.69, 9.17) is 11.6 Å². The fourth-order valence-electron chi connectivity index (χ4n) is 5.59. The van der Waals surface area contributed by atoms with Gasteiger partial charge in [0.1, 0.15) is 10.8 Å². The van der Waals surface area contributed by atoms with Crippen LogP contribution in [0.4, 0.5) is 0 Å². The predicted molar refractivity (Wildman–Crippen MR) is 146 cm³/mol. The third-order valence-electron chi connectivity index (χ3n) is 8.06. The second-order valence-corrected chi connectivity index (χ2v) is 13.0. The lowest BCUT2D eigenvalue weighted by Gasteiger charge is -2.42. The van der Waals surface area contributed by atoms with Gasteiger partial charge in [0.05, 0.1) is 28.9 Å².